The summed E-state index contributed by atoms with van der Waals surface area (Å²) in [6, 6.07) is 4.17. The van der Waals surface area contributed by atoms with Crippen molar-refractivity contribution in [2.45, 2.75) is 26.4 Å². The molecule has 0 bridgehead atoms. The minimum atomic E-state index is 0.379. The Bertz CT molecular complexity index is 537. The van der Waals surface area contributed by atoms with Crippen molar-refractivity contribution >= 4 is 5.69 Å². The number of anilines is 1. The highest BCUT2D eigenvalue weighted by Crippen LogP contribution is 2.13. The Morgan fingerprint density at radius 3 is 2.71 bits per heavy atom. The second-order valence-electron chi connectivity index (χ2n) is 5.00. The van der Waals surface area contributed by atoms with Gasteiger partial charge in [0.15, 0.2) is 0 Å². The van der Waals surface area contributed by atoms with Gasteiger partial charge in [-0.25, -0.2) is 4.98 Å². The lowest BCUT2D eigenvalue weighted by Gasteiger charge is -2.07. The molecule has 114 valence electrons. The van der Waals surface area contributed by atoms with Crippen LogP contribution in [0, 0.1) is 0 Å². The molecule has 2 aromatic heterocycles. The number of pyridine rings is 1. The Labute approximate surface area is 125 Å². The van der Waals surface area contributed by atoms with E-state index in [-0.39, 0.29) is 0 Å². The number of aromatic nitrogens is 3. The average molecular weight is 290 g/mol. The van der Waals surface area contributed by atoms with Crippen LogP contribution >= 0.6 is 0 Å². The van der Waals surface area contributed by atoms with Crippen LogP contribution in [0.5, 0.6) is 5.88 Å². The molecule has 2 heterocycles. The molecule has 6 nitrogen and oxygen atoms in total. The van der Waals surface area contributed by atoms with E-state index >= 15 is 0 Å². The lowest BCUT2D eigenvalue weighted by atomic mass is 10.3. The summed E-state index contributed by atoms with van der Waals surface area (Å²) in [5, 5.41) is 7.62. The molecule has 0 saturated carbocycles. The third kappa shape index (κ3) is 4.75. The Balaban J connectivity index is 1.82. The number of nitrogens with zero attached hydrogens (tertiary/aromatic N) is 3. The number of hydrogen-bond acceptors (Lipinski definition) is 5. The molecule has 0 aliphatic heterocycles. The molecular formula is C15H22N4O2. The molecule has 0 fully saturated rings. The van der Waals surface area contributed by atoms with Crippen LogP contribution in [0.1, 0.15) is 25.5 Å². The highest BCUT2D eigenvalue weighted by Gasteiger charge is 2.02. The maximum atomic E-state index is 5.42. The van der Waals surface area contributed by atoms with Crippen LogP contribution in [0.15, 0.2) is 30.7 Å². The summed E-state index contributed by atoms with van der Waals surface area (Å²) in [5.74, 6) is 0.602. The number of ether oxygens (including phenoxy) is 2. The van der Waals surface area contributed by atoms with E-state index in [0.717, 1.165) is 17.8 Å². The lowest BCUT2D eigenvalue weighted by Crippen LogP contribution is -2.05. The van der Waals surface area contributed by atoms with E-state index in [4.69, 9.17) is 9.47 Å². The van der Waals surface area contributed by atoms with Gasteiger partial charge in [0.2, 0.25) is 5.88 Å². The summed E-state index contributed by atoms with van der Waals surface area (Å²) >= 11 is 0. The smallest absolute Gasteiger partial charge is 0.213 e. The molecule has 2 aromatic rings. The van der Waals surface area contributed by atoms with E-state index in [0.29, 0.717) is 25.1 Å². The van der Waals surface area contributed by atoms with Gasteiger partial charge in [-0.1, -0.05) is 0 Å². The number of rotatable bonds is 8. The van der Waals surface area contributed by atoms with Gasteiger partial charge in [0, 0.05) is 37.5 Å². The van der Waals surface area contributed by atoms with Crippen molar-refractivity contribution in [3.05, 3.63) is 36.3 Å². The van der Waals surface area contributed by atoms with E-state index in [9.17, 15) is 0 Å². The largest absolute Gasteiger partial charge is 0.475 e. The molecule has 0 radical (unpaired) electrons. The third-order valence-electron chi connectivity index (χ3n) is 2.95. The van der Waals surface area contributed by atoms with Crippen LogP contribution in [0.4, 0.5) is 5.69 Å². The van der Waals surface area contributed by atoms with E-state index in [2.05, 4.69) is 29.2 Å². The average Bonchev–Trinajstić information content (AvgIpc) is 2.96. The topological polar surface area (TPSA) is 61.2 Å². The molecule has 1 N–H and O–H groups in total. The summed E-state index contributed by atoms with van der Waals surface area (Å²) in [5.41, 5.74) is 2.09. The van der Waals surface area contributed by atoms with Crippen molar-refractivity contribution in [1.82, 2.24) is 14.8 Å². The maximum absolute atomic E-state index is 5.42. The van der Waals surface area contributed by atoms with Crippen molar-refractivity contribution < 1.29 is 9.47 Å². The van der Waals surface area contributed by atoms with Crippen molar-refractivity contribution in [2.24, 2.45) is 0 Å². The first kappa shape index (κ1) is 15.3. The standard InChI is InChI=1S/C15H22N4O2/c1-12(2)19-11-13(9-18-19)8-16-14-4-5-15(17-10-14)21-7-6-20-3/h4-5,9-12,16H,6-8H2,1-3H3. The summed E-state index contributed by atoms with van der Waals surface area (Å²) in [7, 11) is 1.64. The Kier molecular flexibility index (Phi) is 5.57. The van der Waals surface area contributed by atoms with Crippen LogP contribution in [-0.2, 0) is 11.3 Å². The molecule has 0 saturated heterocycles. The van der Waals surface area contributed by atoms with Gasteiger partial charge in [-0.15, -0.1) is 0 Å². The van der Waals surface area contributed by atoms with Crippen molar-refractivity contribution in [2.75, 3.05) is 25.6 Å². The molecular weight excluding hydrogens is 268 g/mol. The minimum Gasteiger partial charge on any atom is -0.475 e. The lowest BCUT2D eigenvalue weighted by molar-refractivity contribution is 0.144. The van der Waals surface area contributed by atoms with Gasteiger partial charge in [-0.2, -0.15) is 5.10 Å². The van der Waals surface area contributed by atoms with Gasteiger partial charge in [0.1, 0.15) is 6.61 Å². The van der Waals surface area contributed by atoms with Gasteiger partial charge in [-0.3, -0.25) is 4.68 Å². The number of hydrogen-bond donors (Lipinski definition) is 1. The van der Waals surface area contributed by atoms with Gasteiger partial charge in [0.05, 0.1) is 24.7 Å². The number of nitrogens with one attached hydrogen (secondary N) is 1. The Hall–Kier alpha value is -2.08. The van der Waals surface area contributed by atoms with Crippen LogP contribution in [0.2, 0.25) is 0 Å². The first-order valence-electron chi connectivity index (χ1n) is 7.03. The zero-order chi connectivity index (χ0) is 15.1. The first-order chi connectivity index (χ1) is 10.2. The number of methoxy groups -OCH3 is 1. The van der Waals surface area contributed by atoms with Crippen molar-refractivity contribution in [3.8, 4) is 5.88 Å². The summed E-state index contributed by atoms with van der Waals surface area (Å²) < 4.78 is 12.3. The summed E-state index contributed by atoms with van der Waals surface area (Å²) in [4.78, 5) is 4.24. The van der Waals surface area contributed by atoms with Crippen LogP contribution in [0.3, 0.4) is 0 Å². The van der Waals surface area contributed by atoms with E-state index < -0.39 is 0 Å². The van der Waals surface area contributed by atoms with Gasteiger partial charge in [-0.05, 0) is 19.9 Å². The molecule has 0 aliphatic carbocycles. The highest BCUT2D eigenvalue weighted by molar-refractivity contribution is 5.42. The SMILES string of the molecule is COCCOc1ccc(NCc2cnn(C(C)C)c2)cn1. The summed E-state index contributed by atoms with van der Waals surface area (Å²) in [6.45, 7) is 6.00. The fourth-order valence-corrected chi connectivity index (χ4v) is 1.76. The molecule has 0 unspecified atom stereocenters. The molecule has 0 atom stereocenters. The van der Waals surface area contributed by atoms with Crippen LogP contribution < -0.4 is 10.1 Å². The van der Waals surface area contributed by atoms with Crippen LogP contribution in [0.25, 0.3) is 0 Å². The van der Waals surface area contributed by atoms with Crippen LogP contribution in [-0.4, -0.2) is 35.1 Å². The monoisotopic (exact) mass is 290 g/mol. The molecule has 0 amide bonds. The van der Waals surface area contributed by atoms with E-state index in [1.807, 2.05) is 29.2 Å². The summed E-state index contributed by atoms with van der Waals surface area (Å²) in [6.07, 6.45) is 5.69. The van der Waals surface area contributed by atoms with Crippen molar-refractivity contribution in [3.63, 3.8) is 0 Å². The quantitative estimate of drug-likeness (QED) is 0.757. The second kappa shape index (κ2) is 7.64. The predicted molar refractivity (Wildman–Crippen MR) is 81.5 cm³/mol. The van der Waals surface area contributed by atoms with Gasteiger partial charge >= 0.3 is 0 Å². The fourth-order valence-electron chi connectivity index (χ4n) is 1.76. The molecule has 6 heteroatoms. The van der Waals surface area contributed by atoms with Gasteiger partial charge in [0.25, 0.3) is 0 Å². The zero-order valence-electron chi connectivity index (χ0n) is 12.7. The first-order valence-corrected chi connectivity index (χ1v) is 7.03. The molecule has 2 rings (SSSR count). The van der Waals surface area contributed by atoms with Gasteiger partial charge < -0.3 is 14.8 Å². The molecule has 0 aliphatic rings. The Morgan fingerprint density at radius 2 is 2.10 bits per heavy atom. The second-order valence-corrected chi connectivity index (χ2v) is 5.00. The predicted octanol–water partition coefficient (Wildman–Crippen LogP) is 2.50. The fraction of sp³-hybridized carbons (Fsp3) is 0.467. The highest BCUT2D eigenvalue weighted by atomic mass is 16.5. The molecule has 0 spiro atoms. The maximum Gasteiger partial charge on any atom is 0.213 e. The van der Waals surface area contributed by atoms with E-state index in [1.54, 1.807) is 13.3 Å². The normalized spacial score (nSPS) is 10.9. The minimum absolute atomic E-state index is 0.379. The zero-order valence-corrected chi connectivity index (χ0v) is 12.7. The molecule has 21 heavy (non-hydrogen) atoms. The van der Waals surface area contributed by atoms with E-state index in [1.165, 1.54) is 0 Å². The molecule has 0 aromatic carbocycles. The van der Waals surface area contributed by atoms with Crippen molar-refractivity contribution in [1.29, 1.82) is 0 Å². The Morgan fingerprint density at radius 1 is 1.24 bits per heavy atom. The third-order valence-corrected chi connectivity index (χ3v) is 2.95.